The summed E-state index contributed by atoms with van der Waals surface area (Å²) in [5.41, 5.74) is 0.764. The Morgan fingerprint density at radius 2 is 2.06 bits per heavy atom. The van der Waals surface area contributed by atoms with Gasteiger partial charge in [-0.2, -0.15) is 0 Å². The molecule has 18 heavy (non-hydrogen) atoms. The number of halogens is 1. The Kier molecular flexibility index (Phi) is 5.94. The maximum absolute atomic E-state index is 11.4. The summed E-state index contributed by atoms with van der Waals surface area (Å²) in [7, 11) is 0. The van der Waals surface area contributed by atoms with Gasteiger partial charge in [0.25, 0.3) is 0 Å². The fourth-order valence-electron chi connectivity index (χ4n) is 1.29. The Balaban J connectivity index is 2.36. The first-order chi connectivity index (χ1) is 8.59. The number of nitrogens with one attached hydrogen (secondary N) is 1. The van der Waals surface area contributed by atoms with Crippen LogP contribution in [0, 0.1) is 0 Å². The van der Waals surface area contributed by atoms with Gasteiger partial charge in [0, 0.05) is 24.1 Å². The number of hydrogen-bond acceptors (Lipinski definition) is 2. The standard InChI is InChI=1S/C13H14ClNO3/c14-11-5-2-1-4-10(11)7-8-12(16)15-9-3-6-13(17)18/h1-2,4-5,7-8H,3,6,9H2,(H,15,16)(H,17,18)/b8-7+. The van der Waals surface area contributed by atoms with Crippen molar-refractivity contribution in [2.75, 3.05) is 6.54 Å². The third-order valence-electron chi connectivity index (χ3n) is 2.19. The predicted molar refractivity (Wildman–Crippen MR) is 70.4 cm³/mol. The summed E-state index contributed by atoms with van der Waals surface area (Å²) in [5, 5.41) is 11.6. The predicted octanol–water partition coefficient (Wildman–Crippen LogP) is 2.33. The number of aliphatic carboxylic acids is 1. The fourth-order valence-corrected chi connectivity index (χ4v) is 1.48. The van der Waals surface area contributed by atoms with Gasteiger partial charge in [-0.15, -0.1) is 0 Å². The van der Waals surface area contributed by atoms with Crippen LogP contribution in [0.2, 0.25) is 5.02 Å². The first-order valence-corrected chi connectivity index (χ1v) is 5.89. The third-order valence-corrected chi connectivity index (χ3v) is 2.53. The van der Waals surface area contributed by atoms with Gasteiger partial charge in [0.15, 0.2) is 0 Å². The molecule has 1 rings (SSSR count). The summed E-state index contributed by atoms with van der Waals surface area (Å²) in [6.45, 7) is 0.345. The molecule has 96 valence electrons. The Hall–Kier alpha value is -1.81. The molecule has 0 saturated carbocycles. The second kappa shape index (κ2) is 7.50. The molecule has 0 spiro atoms. The fraction of sp³-hybridized carbons (Fsp3) is 0.231. The van der Waals surface area contributed by atoms with Gasteiger partial charge in [0.05, 0.1) is 0 Å². The van der Waals surface area contributed by atoms with Crippen molar-refractivity contribution in [3.63, 3.8) is 0 Å². The molecule has 0 unspecified atom stereocenters. The number of amides is 1. The van der Waals surface area contributed by atoms with Crippen molar-refractivity contribution in [3.8, 4) is 0 Å². The molecule has 1 aromatic carbocycles. The number of hydrogen-bond donors (Lipinski definition) is 2. The van der Waals surface area contributed by atoms with Gasteiger partial charge in [-0.25, -0.2) is 0 Å². The van der Waals surface area contributed by atoms with E-state index in [2.05, 4.69) is 5.32 Å². The number of rotatable bonds is 6. The molecule has 0 aliphatic rings. The third kappa shape index (κ3) is 5.50. The van der Waals surface area contributed by atoms with E-state index in [0.717, 1.165) is 5.56 Å². The minimum absolute atomic E-state index is 0.0501. The first-order valence-electron chi connectivity index (χ1n) is 5.52. The highest BCUT2D eigenvalue weighted by Crippen LogP contribution is 2.15. The molecule has 0 atom stereocenters. The van der Waals surface area contributed by atoms with Crippen LogP contribution in [0.4, 0.5) is 0 Å². The second-order valence-electron chi connectivity index (χ2n) is 3.64. The largest absolute Gasteiger partial charge is 0.481 e. The van der Waals surface area contributed by atoms with Crippen molar-refractivity contribution < 1.29 is 14.7 Å². The topological polar surface area (TPSA) is 66.4 Å². The van der Waals surface area contributed by atoms with Crippen LogP contribution in [0.15, 0.2) is 30.3 Å². The number of benzene rings is 1. The summed E-state index contributed by atoms with van der Waals surface area (Å²) >= 11 is 5.92. The molecule has 0 aliphatic heterocycles. The lowest BCUT2D eigenvalue weighted by atomic mass is 10.2. The van der Waals surface area contributed by atoms with Crippen molar-refractivity contribution in [1.29, 1.82) is 0 Å². The number of carbonyl (C=O) groups is 2. The van der Waals surface area contributed by atoms with Gasteiger partial charge in [0.1, 0.15) is 0 Å². The zero-order valence-corrected chi connectivity index (χ0v) is 10.5. The summed E-state index contributed by atoms with van der Waals surface area (Å²) in [6, 6.07) is 7.19. The van der Waals surface area contributed by atoms with Crippen LogP contribution < -0.4 is 5.32 Å². The average molecular weight is 268 g/mol. The highest BCUT2D eigenvalue weighted by Gasteiger charge is 1.99. The quantitative estimate of drug-likeness (QED) is 0.614. The Morgan fingerprint density at radius 1 is 1.33 bits per heavy atom. The monoisotopic (exact) mass is 267 g/mol. The van der Waals surface area contributed by atoms with Crippen molar-refractivity contribution in [1.82, 2.24) is 5.32 Å². The molecule has 2 N–H and O–H groups in total. The molecule has 4 nitrogen and oxygen atoms in total. The number of carbonyl (C=O) groups excluding carboxylic acids is 1. The Morgan fingerprint density at radius 3 is 2.72 bits per heavy atom. The van der Waals surface area contributed by atoms with Crippen molar-refractivity contribution >= 4 is 29.6 Å². The highest BCUT2D eigenvalue weighted by molar-refractivity contribution is 6.32. The van der Waals surface area contributed by atoms with Gasteiger partial charge in [-0.05, 0) is 24.1 Å². The van der Waals surface area contributed by atoms with Gasteiger partial charge < -0.3 is 10.4 Å². The van der Waals surface area contributed by atoms with Crippen LogP contribution in [0.5, 0.6) is 0 Å². The van der Waals surface area contributed by atoms with Gasteiger partial charge in [0.2, 0.25) is 5.91 Å². The lowest BCUT2D eigenvalue weighted by Crippen LogP contribution is -2.22. The maximum atomic E-state index is 11.4. The minimum atomic E-state index is -0.865. The molecule has 0 bridgehead atoms. The van der Waals surface area contributed by atoms with Crippen molar-refractivity contribution in [2.45, 2.75) is 12.8 Å². The lowest BCUT2D eigenvalue weighted by molar-refractivity contribution is -0.137. The minimum Gasteiger partial charge on any atom is -0.481 e. The first kappa shape index (κ1) is 14.3. The zero-order chi connectivity index (χ0) is 13.4. The smallest absolute Gasteiger partial charge is 0.303 e. The second-order valence-corrected chi connectivity index (χ2v) is 4.05. The van der Waals surface area contributed by atoms with Crippen LogP contribution in [0.3, 0.4) is 0 Å². The molecular formula is C13H14ClNO3. The zero-order valence-electron chi connectivity index (χ0n) is 9.73. The summed E-state index contributed by atoms with van der Waals surface area (Å²) in [5.74, 6) is -1.13. The van der Waals surface area contributed by atoms with Crippen LogP contribution in [0.25, 0.3) is 6.08 Å². The Labute approximate surface area is 110 Å². The average Bonchev–Trinajstić information content (AvgIpc) is 2.33. The van der Waals surface area contributed by atoms with Crippen LogP contribution in [-0.4, -0.2) is 23.5 Å². The summed E-state index contributed by atoms with van der Waals surface area (Å²) in [6.07, 6.45) is 3.46. The van der Waals surface area contributed by atoms with Gasteiger partial charge in [-0.1, -0.05) is 29.8 Å². The summed E-state index contributed by atoms with van der Waals surface area (Å²) in [4.78, 5) is 21.6. The van der Waals surface area contributed by atoms with E-state index < -0.39 is 5.97 Å². The molecule has 0 saturated heterocycles. The van der Waals surface area contributed by atoms with E-state index >= 15 is 0 Å². The highest BCUT2D eigenvalue weighted by atomic mass is 35.5. The molecule has 0 heterocycles. The molecule has 1 aromatic rings. The molecular weight excluding hydrogens is 254 g/mol. The lowest BCUT2D eigenvalue weighted by Gasteiger charge is -2.00. The van der Waals surface area contributed by atoms with E-state index in [0.29, 0.717) is 18.0 Å². The molecule has 1 amide bonds. The maximum Gasteiger partial charge on any atom is 0.303 e. The van der Waals surface area contributed by atoms with E-state index in [1.54, 1.807) is 18.2 Å². The van der Waals surface area contributed by atoms with Crippen LogP contribution in [-0.2, 0) is 9.59 Å². The van der Waals surface area contributed by atoms with Crippen molar-refractivity contribution in [2.24, 2.45) is 0 Å². The van der Waals surface area contributed by atoms with Crippen molar-refractivity contribution in [3.05, 3.63) is 40.9 Å². The van der Waals surface area contributed by atoms with E-state index in [-0.39, 0.29) is 12.3 Å². The molecule has 0 fully saturated rings. The van der Waals surface area contributed by atoms with E-state index in [9.17, 15) is 9.59 Å². The molecule has 0 radical (unpaired) electrons. The molecule has 5 heteroatoms. The molecule has 0 aromatic heterocycles. The normalized spacial score (nSPS) is 10.5. The number of carboxylic acids is 1. The van der Waals surface area contributed by atoms with E-state index in [1.807, 2.05) is 12.1 Å². The van der Waals surface area contributed by atoms with E-state index in [4.69, 9.17) is 16.7 Å². The number of carboxylic acid groups (broad SMARTS) is 1. The SMILES string of the molecule is O=C(O)CCCNC(=O)/C=C/c1ccccc1Cl. The van der Waals surface area contributed by atoms with Crippen LogP contribution >= 0.6 is 11.6 Å². The summed E-state index contributed by atoms with van der Waals surface area (Å²) < 4.78 is 0. The molecule has 0 aliphatic carbocycles. The van der Waals surface area contributed by atoms with Crippen LogP contribution in [0.1, 0.15) is 18.4 Å². The van der Waals surface area contributed by atoms with Gasteiger partial charge in [-0.3, -0.25) is 9.59 Å². The van der Waals surface area contributed by atoms with E-state index in [1.165, 1.54) is 6.08 Å². The van der Waals surface area contributed by atoms with Gasteiger partial charge >= 0.3 is 5.97 Å². The Bertz CT molecular complexity index is 457.